The minimum absolute atomic E-state index is 0.00632. The molecule has 1 aromatic carbocycles. The summed E-state index contributed by atoms with van der Waals surface area (Å²) in [4.78, 5) is 15.0. The number of nitrogens with zero attached hydrogens (tertiary/aromatic N) is 1. The van der Waals surface area contributed by atoms with Crippen LogP contribution in [-0.4, -0.2) is 34.9 Å². The summed E-state index contributed by atoms with van der Waals surface area (Å²) in [5.74, 6) is 2.30. The van der Waals surface area contributed by atoms with Gasteiger partial charge in [0.25, 0.3) is 0 Å². The van der Waals surface area contributed by atoms with Crippen molar-refractivity contribution < 1.29 is 9.90 Å². The van der Waals surface area contributed by atoms with E-state index in [1.807, 2.05) is 12.1 Å². The Balaban J connectivity index is 1.60. The van der Waals surface area contributed by atoms with Crippen molar-refractivity contribution in [2.45, 2.75) is 56.4 Å². The van der Waals surface area contributed by atoms with E-state index in [1.165, 1.54) is 30.5 Å². The minimum Gasteiger partial charge on any atom is -0.508 e. The van der Waals surface area contributed by atoms with E-state index >= 15 is 0 Å². The van der Waals surface area contributed by atoms with Crippen LogP contribution in [0.5, 0.6) is 5.75 Å². The maximum Gasteiger partial charge on any atom is 0.133 e. The number of piperidine rings is 1. The molecule has 1 N–H and O–H groups in total. The number of ketones is 1. The lowest BCUT2D eigenvalue weighted by atomic mass is 9.52. The van der Waals surface area contributed by atoms with E-state index in [1.54, 1.807) is 0 Å². The molecule has 0 aromatic heterocycles. The first-order valence-electron chi connectivity index (χ1n) is 9.24. The van der Waals surface area contributed by atoms with Crippen molar-refractivity contribution in [3.05, 3.63) is 29.3 Å². The number of rotatable bonds is 2. The van der Waals surface area contributed by atoms with Gasteiger partial charge in [0, 0.05) is 30.8 Å². The third kappa shape index (κ3) is 2.09. The molecule has 1 aliphatic heterocycles. The largest absolute Gasteiger partial charge is 0.508 e. The van der Waals surface area contributed by atoms with Gasteiger partial charge in [0.2, 0.25) is 0 Å². The highest BCUT2D eigenvalue weighted by atomic mass is 16.3. The van der Waals surface area contributed by atoms with Gasteiger partial charge in [-0.2, -0.15) is 0 Å². The van der Waals surface area contributed by atoms with Crippen molar-refractivity contribution >= 4 is 5.78 Å². The predicted octanol–water partition coefficient (Wildman–Crippen LogP) is 3.04. The molecule has 3 atom stereocenters. The van der Waals surface area contributed by atoms with Crippen LogP contribution in [-0.2, 0) is 16.6 Å². The number of phenols is 1. The molecule has 0 unspecified atom stereocenters. The first-order valence-corrected chi connectivity index (χ1v) is 9.24. The van der Waals surface area contributed by atoms with E-state index in [4.69, 9.17) is 0 Å². The van der Waals surface area contributed by atoms with E-state index in [0.717, 1.165) is 38.1 Å². The maximum atomic E-state index is 12.3. The SMILES string of the molecule is O=C1CC[C@H]2[C@@H]3Cc4ccc(O)cc4[C@]2(CCN3CC2CC2)C1. The monoisotopic (exact) mass is 311 g/mol. The standard InChI is InChI=1S/C20H25NO2/c22-15-4-3-14-9-19-17-6-5-16(23)11-20(17,18(14)10-15)7-8-21(19)12-13-1-2-13/h3-4,10,13,17,19,22H,1-2,5-9,11-12H2/t17-,19-,20+/m0/s1. The Morgan fingerprint density at radius 1 is 1.26 bits per heavy atom. The third-order valence-corrected chi connectivity index (χ3v) is 6.98. The Bertz CT molecular complexity index is 666. The van der Waals surface area contributed by atoms with Crippen LogP contribution in [0.1, 0.15) is 49.7 Å². The topological polar surface area (TPSA) is 40.5 Å². The summed E-state index contributed by atoms with van der Waals surface area (Å²) in [6, 6.07) is 6.50. The van der Waals surface area contributed by atoms with Gasteiger partial charge in [-0.3, -0.25) is 9.69 Å². The molecule has 3 heteroatoms. The molecule has 23 heavy (non-hydrogen) atoms. The molecule has 3 fully saturated rings. The average molecular weight is 311 g/mol. The van der Waals surface area contributed by atoms with Crippen LogP contribution >= 0.6 is 0 Å². The smallest absolute Gasteiger partial charge is 0.133 e. The lowest BCUT2D eigenvalue weighted by Gasteiger charge is -2.58. The van der Waals surface area contributed by atoms with Crippen molar-refractivity contribution in [3.63, 3.8) is 0 Å². The Morgan fingerprint density at radius 2 is 2.13 bits per heavy atom. The second-order valence-corrected chi connectivity index (χ2v) is 8.32. The Hall–Kier alpha value is -1.35. The lowest BCUT2D eigenvalue weighted by Crippen LogP contribution is -2.62. The molecule has 1 heterocycles. The molecular formula is C20H25NO2. The molecule has 1 saturated heterocycles. The van der Waals surface area contributed by atoms with Crippen LogP contribution in [0.15, 0.2) is 18.2 Å². The van der Waals surface area contributed by atoms with E-state index in [2.05, 4.69) is 11.0 Å². The number of fused-ring (bicyclic) bond motifs is 1. The molecule has 3 aliphatic carbocycles. The number of aromatic hydroxyl groups is 1. The molecule has 2 bridgehead atoms. The summed E-state index contributed by atoms with van der Waals surface area (Å²) in [6.45, 7) is 2.39. The summed E-state index contributed by atoms with van der Waals surface area (Å²) in [5, 5.41) is 10.0. The number of carbonyl (C=O) groups is 1. The van der Waals surface area contributed by atoms with Crippen LogP contribution in [0.25, 0.3) is 0 Å². The number of hydrogen-bond acceptors (Lipinski definition) is 3. The fourth-order valence-corrected chi connectivity index (χ4v) is 5.75. The maximum absolute atomic E-state index is 12.3. The average Bonchev–Trinajstić information content (AvgIpc) is 3.34. The Labute approximate surface area is 137 Å². The second kappa shape index (κ2) is 4.83. The number of carbonyl (C=O) groups excluding carboxylic acids is 1. The van der Waals surface area contributed by atoms with Crippen LogP contribution in [0, 0.1) is 11.8 Å². The highest BCUT2D eigenvalue weighted by Crippen LogP contribution is 2.55. The van der Waals surface area contributed by atoms with Crippen LogP contribution in [0.2, 0.25) is 0 Å². The van der Waals surface area contributed by atoms with Gasteiger partial charge in [-0.1, -0.05) is 6.07 Å². The second-order valence-electron chi connectivity index (χ2n) is 8.32. The molecule has 122 valence electrons. The van der Waals surface area contributed by atoms with Crippen LogP contribution in [0.3, 0.4) is 0 Å². The number of benzene rings is 1. The number of hydrogen-bond donors (Lipinski definition) is 1. The van der Waals surface area contributed by atoms with Crippen molar-refractivity contribution in [3.8, 4) is 5.75 Å². The highest BCUT2D eigenvalue weighted by Gasteiger charge is 2.55. The Kier molecular flexibility index (Phi) is 2.94. The first-order chi connectivity index (χ1) is 11.2. The summed E-state index contributed by atoms with van der Waals surface area (Å²) in [6.07, 6.45) is 7.49. The predicted molar refractivity (Wildman–Crippen MR) is 88.5 cm³/mol. The zero-order valence-corrected chi connectivity index (χ0v) is 13.6. The first kappa shape index (κ1) is 14.0. The van der Waals surface area contributed by atoms with Crippen molar-refractivity contribution in [2.24, 2.45) is 11.8 Å². The van der Waals surface area contributed by atoms with Crippen molar-refractivity contribution in [1.82, 2.24) is 4.90 Å². The molecular weight excluding hydrogens is 286 g/mol. The number of Topliss-reactive ketones (excluding diaryl/α,β-unsaturated/α-hetero) is 1. The van der Waals surface area contributed by atoms with Crippen LogP contribution in [0.4, 0.5) is 0 Å². The highest BCUT2D eigenvalue weighted by molar-refractivity contribution is 5.81. The number of likely N-dealkylation sites (tertiary alicyclic amines) is 1. The molecule has 1 aromatic rings. The van der Waals surface area contributed by atoms with Gasteiger partial charge in [-0.15, -0.1) is 0 Å². The van der Waals surface area contributed by atoms with Gasteiger partial charge >= 0.3 is 0 Å². The quantitative estimate of drug-likeness (QED) is 0.912. The fourth-order valence-electron chi connectivity index (χ4n) is 5.75. The zero-order chi connectivity index (χ0) is 15.6. The van der Waals surface area contributed by atoms with Crippen LogP contribution < -0.4 is 0 Å². The van der Waals surface area contributed by atoms with Gasteiger partial charge in [0.1, 0.15) is 11.5 Å². The van der Waals surface area contributed by atoms with E-state index in [0.29, 0.717) is 29.9 Å². The summed E-state index contributed by atoms with van der Waals surface area (Å²) < 4.78 is 0. The van der Waals surface area contributed by atoms with Gasteiger partial charge in [-0.05, 0) is 73.7 Å². The summed E-state index contributed by atoms with van der Waals surface area (Å²) >= 11 is 0. The minimum atomic E-state index is 0.00632. The zero-order valence-electron chi connectivity index (χ0n) is 13.6. The molecule has 3 nitrogen and oxygen atoms in total. The summed E-state index contributed by atoms with van der Waals surface area (Å²) in [5.41, 5.74) is 2.67. The normalized spacial score (nSPS) is 36.4. The van der Waals surface area contributed by atoms with E-state index < -0.39 is 0 Å². The summed E-state index contributed by atoms with van der Waals surface area (Å²) in [7, 11) is 0. The van der Waals surface area contributed by atoms with Crippen molar-refractivity contribution in [1.29, 1.82) is 0 Å². The third-order valence-electron chi connectivity index (χ3n) is 6.98. The van der Waals surface area contributed by atoms with Gasteiger partial charge in [0.15, 0.2) is 0 Å². The lowest BCUT2D eigenvalue weighted by molar-refractivity contribution is -0.127. The molecule has 0 radical (unpaired) electrons. The molecule has 4 aliphatic rings. The fraction of sp³-hybridized carbons (Fsp3) is 0.650. The van der Waals surface area contributed by atoms with Gasteiger partial charge in [0.05, 0.1) is 0 Å². The van der Waals surface area contributed by atoms with Gasteiger partial charge < -0.3 is 5.11 Å². The number of phenolic OH excluding ortho intramolecular Hbond substituents is 1. The Morgan fingerprint density at radius 3 is 2.96 bits per heavy atom. The molecule has 0 amide bonds. The van der Waals surface area contributed by atoms with Gasteiger partial charge in [-0.25, -0.2) is 0 Å². The molecule has 2 saturated carbocycles. The molecule has 5 rings (SSSR count). The van der Waals surface area contributed by atoms with E-state index in [9.17, 15) is 9.90 Å². The van der Waals surface area contributed by atoms with Crippen molar-refractivity contribution in [2.75, 3.05) is 13.1 Å². The van der Waals surface area contributed by atoms with E-state index in [-0.39, 0.29) is 5.41 Å². The molecule has 0 spiro atoms.